The lowest BCUT2D eigenvalue weighted by molar-refractivity contribution is 0.711. The van der Waals surface area contributed by atoms with Gasteiger partial charge in [0.25, 0.3) is 0 Å². The minimum Gasteiger partial charge on any atom is -0.0620 e. The monoisotopic (exact) mass is 348 g/mol. The van der Waals surface area contributed by atoms with Crippen LogP contribution in [-0.4, -0.2) is 0 Å². The van der Waals surface area contributed by atoms with Crippen LogP contribution < -0.4 is 0 Å². The molecule has 0 radical (unpaired) electrons. The van der Waals surface area contributed by atoms with Crippen molar-refractivity contribution in [2.45, 2.75) is 32.1 Å². The van der Waals surface area contributed by atoms with Crippen molar-refractivity contribution >= 4 is 32.3 Å². The smallest absolute Gasteiger partial charge is 0.00268 e. The fourth-order valence-electron chi connectivity index (χ4n) is 4.52. The number of fused-ring (bicyclic) bond motifs is 1. The molecule has 0 spiro atoms. The molecule has 0 saturated carbocycles. The van der Waals surface area contributed by atoms with E-state index in [2.05, 4.69) is 84.9 Å². The Morgan fingerprint density at radius 2 is 0.778 bits per heavy atom. The van der Waals surface area contributed by atoms with Crippen LogP contribution in [0.15, 0.2) is 84.9 Å². The lowest BCUT2D eigenvalue weighted by atomic mass is 9.95. The number of aryl methyl sites for hydroxylation is 2. The SMILES string of the molecule is c1cc2ccc3cccc4ccc(c1)c2c34.c1ccc2c(c1)CCCCC2. The van der Waals surface area contributed by atoms with E-state index in [1.54, 1.807) is 11.1 Å². The maximum atomic E-state index is 2.28. The quantitative estimate of drug-likeness (QED) is 0.200. The Bertz CT molecular complexity index is 1040. The van der Waals surface area contributed by atoms with E-state index >= 15 is 0 Å². The lowest BCUT2D eigenvalue weighted by Crippen LogP contribution is -1.88. The van der Waals surface area contributed by atoms with Gasteiger partial charge < -0.3 is 0 Å². The largest absolute Gasteiger partial charge is 0.0620 e. The summed E-state index contributed by atoms with van der Waals surface area (Å²) in [5.41, 5.74) is 3.18. The summed E-state index contributed by atoms with van der Waals surface area (Å²) in [6.07, 6.45) is 6.79. The van der Waals surface area contributed by atoms with Gasteiger partial charge in [0, 0.05) is 0 Å². The first kappa shape index (κ1) is 16.3. The molecule has 0 heterocycles. The standard InChI is InChI=1S/C16H10.C11H14/c1-3-11-7-9-13-5-2-6-14-10-8-12(4-1)15(11)16(13)14;1-2-6-10-8-4-5-9-11(10)7-3-1/h1-10H;4-5,8-9H,1-3,6-7H2. The van der Waals surface area contributed by atoms with Gasteiger partial charge in [-0.2, -0.15) is 0 Å². The van der Waals surface area contributed by atoms with Gasteiger partial charge >= 0.3 is 0 Å². The van der Waals surface area contributed by atoms with Crippen molar-refractivity contribution in [1.29, 1.82) is 0 Å². The molecule has 0 amide bonds. The highest BCUT2D eigenvalue weighted by Gasteiger charge is 2.06. The molecular weight excluding hydrogens is 324 g/mol. The fraction of sp³-hybridized carbons (Fsp3) is 0.185. The Morgan fingerprint density at radius 1 is 0.370 bits per heavy atom. The molecule has 5 aromatic carbocycles. The summed E-state index contributed by atoms with van der Waals surface area (Å²) in [5, 5.41) is 8.14. The van der Waals surface area contributed by atoms with Crippen molar-refractivity contribution in [2.75, 3.05) is 0 Å². The first-order valence-electron chi connectivity index (χ1n) is 10.1. The van der Waals surface area contributed by atoms with Crippen molar-refractivity contribution in [3.05, 3.63) is 96.1 Å². The first-order valence-corrected chi connectivity index (χ1v) is 10.1. The Hall–Kier alpha value is -2.86. The highest BCUT2D eigenvalue weighted by Crippen LogP contribution is 2.33. The molecule has 0 nitrogen and oxygen atoms in total. The van der Waals surface area contributed by atoms with E-state index < -0.39 is 0 Å². The number of hydrogen-bond acceptors (Lipinski definition) is 0. The minimum atomic E-state index is 1.30. The van der Waals surface area contributed by atoms with Crippen molar-refractivity contribution < 1.29 is 0 Å². The van der Waals surface area contributed by atoms with E-state index in [4.69, 9.17) is 0 Å². The molecule has 5 aromatic rings. The Kier molecular flexibility index (Phi) is 4.26. The highest BCUT2D eigenvalue weighted by atomic mass is 14.1. The molecular formula is C27H24. The maximum absolute atomic E-state index is 2.28. The summed E-state index contributed by atoms with van der Waals surface area (Å²) in [5.74, 6) is 0. The molecule has 132 valence electrons. The Labute approximate surface area is 160 Å². The molecule has 0 N–H and O–H groups in total. The normalized spacial score (nSPS) is 13.9. The van der Waals surface area contributed by atoms with Crippen LogP contribution >= 0.6 is 0 Å². The second kappa shape index (κ2) is 7.04. The third-order valence-corrected chi connectivity index (χ3v) is 5.90. The van der Waals surface area contributed by atoms with Gasteiger partial charge in [0.2, 0.25) is 0 Å². The van der Waals surface area contributed by atoms with Gasteiger partial charge in [0.1, 0.15) is 0 Å². The predicted octanol–water partition coefficient (Wildman–Crippen LogP) is 7.54. The summed E-state index contributed by atoms with van der Waals surface area (Å²) < 4.78 is 0. The van der Waals surface area contributed by atoms with Crippen LogP contribution in [0.5, 0.6) is 0 Å². The van der Waals surface area contributed by atoms with E-state index in [0.717, 1.165) is 0 Å². The second-order valence-electron chi connectivity index (χ2n) is 7.62. The molecule has 0 aromatic heterocycles. The summed E-state index contributed by atoms with van der Waals surface area (Å²) in [7, 11) is 0. The minimum absolute atomic E-state index is 1.30. The summed E-state index contributed by atoms with van der Waals surface area (Å²) in [6.45, 7) is 0. The molecule has 0 bridgehead atoms. The topological polar surface area (TPSA) is 0 Å². The van der Waals surface area contributed by atoms with Crippen LogP contribution in [0.2, 0.25) is 0 Å². The molecule has 0 unspecified atom stereocenters. The van der Waals surface area contributed by atoms with Gasteiger partial charge in [-0.15, -0.1) is 0 Å². The highest BCUT2D eigenvalue weighted by molar-refractivity contribution is 6.22. The molecule has 1 aliphatic rings. The Morgan fingerprint density at radius 3 is 1.19 bits per heavy atom. The third-order valence-electron chi connectivity index (χ3n) is 5.90. The first-order chi connectivity index (χ1) is 13.4. The predicted molar refractivity (Wildman–Crippen MR) is 118 cm³/mol. The second-order valence-corrected chi connectivity index (χ2v) is 7.62. The van der Waals surface area contributed by atoms with Gasteiger partial charge in [-0.05, 0) is 69.1 Å². The van der Waals surface area contributed by atoms with Crippen LogP contribution in [0.4, 0.5) is 0 Å². The Balaban J connectivity index is 0.000000128. The van der Waals surface area contributed by atoms with Gasteiger partial charge in [-0.1, -0.05) is 91.3 Å². The molecule has 0 fully saturated rings. The maximum Gasteiger partial charge on any atom is -0.00268 e. The molecule has 27 heavy (non-hydrogen) atoms. The van der Waals surface area contributed by atoms with E-state index in [0.29, 0.717) is 0 Å². The van der Waals surface area contributed by atoms with E-state index in [9.17, 15) is 0 Å². The van der Waals surface area contributed by atoms with Crippen molar-refractivity contribution in [3.63, 3.8) is 0 Å². The molecule has 0 heteroatoms. The van der Waals surface area contributed by atoms with Crippen molar-refractivity contribution in [2.24, 2.45) is 0 Å². The molecule has 0 atom stereocenters. The van der Waals surface area contributed by atoms with Crippen LogP contribution in [-0.2, 0) is 12.8 Å². The number of benzene rings is 5. The van der Waals surface area contributed by atoms with Crippen molar-refractivity contribution in [3.8, 4) is 0 Å². The molecule has 0 saturated heterocycles. The van der Waals surface area contributed by atoms with E-state index in [-0.39, 0.29) is 0 Å². The van der Waals surface area contributed by atoms with Gasteiger partial charge in [-0.3, -0.25) is 0 Å². The van der Waals surface area contributed by atoms with Crippen molar-refractivity contribution in [1.82, 2.24) is 0 Å². The van der Waals surface area contributed by atoms with Crippen LogP contribution in [0.25, 0.3) is 32.3 Å². The number of rotatable bonds is 0. The zero-order chi connectivity index (χ0) is 18.1. The average Bonchev–Trinajstić information content (AvgIpc) is 2.98. The summed E-state index contributed by atoms with van der Waals surface area (Å²) >= 11 is 0. The van der Waals surface area contributed by atoms with Crippen LogP contribution in [0.3, 0.4) is 0 Å². The van der Waals surface area contributed by atoms with E-state index in [1.807, 2.05) is 0 Å². The van der Waals surface area contributed by atoms with E-state index in [1.165, 1.54) is 64.4 Å². The fourth-order valence-corrected chi connectivity index (χ4v) is 4.52. The summed E-state index contributed by atoms with van der Waals surface area (Å²) in [4.78, 5) is 0. The molecule has 0 aliphatic heterocycles. The van der Waals surface area contributed by atoms with Crippen LogP contribution in [0, 0.1) is 0 Å². The summed E-state index contributed by atoms with van der Waals surface area (Å²) in [6, 6.07) is 30.7. The van der Waals surface area contributed by atoms with Crippen LogP contribution in [0.1, 0.15) is 30.4 Å². The zero-order valence-corrected chi connectivity index (χ0v) is 15.6. The van der Waals surface area contributed by atoms with Gasteiger partial charge in [-0.25, -0.2) is 0 Å². The van der Waals surface area contributed by atoms with Gasteiger partial charge in [0.05, 0.1) is 0 Å². The average molecular weight is 348 g/mol. The molecule has 1 aliphatic carbocycles. The zero-order valence-electron chi connectivity index (χ0n) is 15.6. The van der Waals surface area contributed by atoms with Gasteiger partial charge in [0.15, 0.2) is 0 Å². The third kappa shape index (κ3) is 3.06. The molecule has 6 rings (SSSR count). The lowest BCUT2D eigenvalue weighted by Gasteiger charge is -2.09. The number of hydrogen-bond donors (Lipinski definition) is 0.